The van der Waals surface area contributed by atoms with Gasteiger partial charge in [0.25, 0.3) is 0 Å². The minimum absolute atomic E-state index is 0.120. The molecule has 0 spiro atoms. The zero-order valence-corrected chi connectivity index (χ0v) is 19.9. The minimum Gasteiger partial charge on any atom is -0.330 e. The average molecular weight is 506 g/mol. The van der Waals surface area contributed by atoms with Gasteiger partial charge in [0.15, 0.2) is 0 Å². The van der Waals surface area contributed by atoms with Gasteiger partial charge in [-0.1, -0.05) is 0 Å². The summed E-state index contributed by atoms with van der Waals surface area (Å²) in [5, 5.41) is 0. The van der Waals surface area contributed by atoms with Crippen LogP contribution < -0.4 is 4.90 Å². The van der Waals surface area contributed by atoms with Crippen molar-refractivity contribution in [3.63, 3.8) is 0 Å². The monoisotopic (exact) mass is 505 g/mol. The lowest BCUT2D eigenvalue weighted by Crippen LogP contribution is -2.53. The van der Waals surface area contributed by atoms with E-state index in [4.69, 9.17) is 0 Å². The van der Waals surface area contributed by atoms with E-state index in [2.05, 4.69) is 9.97 Å². The molecule has 0 atom stereocenters. The minimum atomic E-state index is -0.503. The summed E-state index contributed by atoms with van der Waals surface area (Å²) >= 11 is 0. The molecule has 0 N–H and O–H groups in total. The maximum atomic E-state index is 13.8. The number of anilines is 1. The van der Waals surface area contributed by atoms with Gasteiger partial charge in [-0.05, 0) is 61.0 Å². The molecule has 0 saturated carbocycles. The second-order valence-electron chi connectivity index (χ2n) is 8.74. The summed E-state index contributed by atoms with van der Waals surface area (Å²) in [4.78, 5) is 37.4. The van der Waals surface area contributed by atoms with Crippen molar-refractivity contribution < 1.29 is 22.8 Å². The summed E-state index contributed by atoms with van der Waals surface area (Å²) in [5.74, 6) is -1.31. The molecule has 2 aromatic carbocycles. The normalized spacial score (nSPS) is 13.8. The molecule has 4 aromatic rings. The van der Waals surface area contributed by atoms with Crippen LogP contribution in [0.5, 0.6) is 0 Å². The summed E-state index contributed by atoms with van der Waals surface area (Å²) < 4.78 is 42.5. The van der Waals surface area contributed by atoms with E-state index >= 15 is 0 Å². The summed E-state index contributed by atoms with van der Waals surface area (Å²) in [7, 11) is 0. The third-order valence-corrected chi connectivity index (χ3v) is 6.20. The van der Waals surface area contributed by atoms with Crippen molar-refractivity contribution in [1.29, 1.82) is 0 Å². The van der Waals surface area contributed by atoms with Gasteiger partial charge in [0, 0.05) is 42.7 Å². The number of carbonyl (C=O) groups excluding carboxylic acids is 2. The number of aryl methyl sites for hydroxylation is 1. The predicted molar refractivity (Wildman–Crippen MR) is 131 cm³/mol. The predicted octanol–water partition coefficient (Wildman–Crippen LogP) is 4.21. The molecule has 1 aliphatic heterocycles. The van der Waals surface area contributed by atoms with E-state index in [1.165, 1.54) is 46.3 Å². The number of halogens is 3. The van der Waals surface area contributed by atoms with Crippen molar-refractivity contribution in [3.05, 3.63) is 90.0 Å². The molecule has 2 aromatic heterocycles. The first-order valence-electron chi connectivity index (χ1n) is 11.6. The first-order chi connectivity index (χ1) is 17.8. The van der Waals surface area contributed by atoms with Crippen LogP contribution in [0.3, 0.4) is 0 Å². The highest BCUT2D eigenvalue weighted by Gasteiger charge is 2.29. The molecule has 10 heteroatoms. The standard InChI is InChI=1S/C27H22F3N5O2/c1-17-12-19(4-7-22(17)30)23-14-34(27(32-23)18-2-5-20(28)6-3-18)15-25(36)33-10-11-35(26(37)16-33)24-13-21(29)8-9-31-24/h2-9,12-14H,10-11,15-16H2,1H3. The Morgan fingerprint density at radius 1 is 0.946 bits per heavy atom. The molecule has 2 amide bonds. The molecule has 188 valence electrons. The van der Waals surface area contributed by atoms with Crippen LogP contribution in [-0.4, -0.2) is 50.9 Å². The number of piperazine rings is 1. The van der Waals surface area contributed by atoms with Crippen LogP contribution >= 0.6 is 0 Å². The van der Waals surface area contributed by atoms with Crippen LogP contribution in [0.2, 0.25) is 0 Å². The highest BCUT2D eigenvalue weighted by molar-refractivity contribution is 5.97. The van der Waals surface area contributed by atoms with Crippen molar-refractivity contribution in [2.45, 2.75) is 13.5 Å². The quantitative estimate of drug-likeness (QED) is 0.408. The molecule has 0 unspecified atom stereocenters. The smallest absolute Gasteiger partial charge is 0.247 e. The second kappa shape index (κ2) is 9.88. The highest BCUT2D eigenvalue weighted by atomic mass is 19.1. The Kier molecular flexibility index (Phi) is 6.47. The van der Waals surface area contributed by atoms with Gasteiger partial charge in [0.2, 0.25) is 11.8 Å². The van der Waals surface area contributed by atoms with Crippen molar-refractivity contribution in [2.24, 2.45) is 0 Å². The summed E-state index contributed by atoms with van der Waals surface area (Å²) in [5.41, 5.74) is 2.24. The molecule has 0 aliphatic carbocycles. The summed E-state index contributed by atoms with van der Waals surface area (Å²) in [6.45, 7) is 1.77. The summed E-state index contributed by atoms with van der Waals surface area (Å²) in [6.07, 6.45) is 2.96. The molecule has 0 radical (unpaired) electrons. The van der Waals surface area contributed by atoms with Crippen LogP contribution in [0.4, 0.5) is 19.0 Å². The number of carbonyl (C=O) groups is 2. The largest absolute Gasteiger partial charge is 0.330 e. The van der Waals surface area contributed by atoms with Crippen LogP contribution in [-0.2, 0) is 16.1 Å². The van der Waals surface area contributed by atoms with Crippen molar-refractivity contribution in [2.75, 3.05) is 24.5 Å². The first-order valence-corrected chi connectivity index (χ1v) is 11.6. The Bertz CT molecular complexity index is 1490. The number of hydrogen-bond donors (Lipinski definition) is 0. The molecule has 1 saturated heterocycles. The van der Waals surface area contributed by atoms with Gasteiger partial charge >= 0.3 is 0 Å². The zero-order chi connectivity index (χ0) is 26.1. The van der Waals surface area contributed by atoms with Gasteiger partial charge in [-0.2, -0.15) is 0 Å². The average Bonchev–Trinajstić information content (AvgIpc) is 3.29. The number of rotatable bonds is 5. The maximum absolute atomic E-state index is 13.8. The van der Waals surface area contributed by atoms with Crippen LogP contribution in [0.25, 0.3) is 22.6 Å². The molecule has 1 aliphatic rings. The number of benzene rings is 2. The van der Waals surface area contributed by atoms with Gasteiger partial charge in [-0.25, -0.2) is 23.1 Å². The lowest BCUT2D eigenvalue weighted by atomic mass is 10.1. The number of aromatic nitrogens is 3. The summed E-state index contributed by atoms with van der Waals surface area (Å²) in [6, 6.07) is 12.7. The molecular formula is C27H22F3N5O2. The van der Waals surface area contributed by atoms with Gasteiger partial charge in [0.05, 0.1) is 5.69 Å². The van der Waals surface area contributed by atoms with Gasteiger partial charge in [-0.3, -0.25) is 14.5 Å². The third kappa shape index (κ3) is 5.09. The van der Waals surface area contributed by atoms with Gasteiger partial charge in [-0.15, -0.1) is 0 Å². The van der Waals surface area contributed by atoms with Crippen molar-refractivity contribution in [3.8, 4) is 22.6 Å². The number of amides is 2. The lowest BCUT2D eigenvalue weighted by Gasteiger charge is -2.33. The topological polar surface area (TPSA) is 71.3 Å². The van der Waals surface area contributed by atoms with E-state index in [0.717, 1.165) is 0 Å². The molecule has 0 bridgehead atoms. The lowest BCUT2D eigenvalue weighted by molar-refractivity contribution is -0.137. The fraction of sp³-hybridized carbons (Fsp3) is 0.185. The highest BCUT2D eigenvalue weighted by Crippen LogP contribution is 2.27. The van der Waals surface area contributed by atoms with Crippen LogP contribution in [0, 0.1) is 24.4 Å². The number of nitrogens with zero attached hydrogens (tertiary/aromatic N) is 5. The Balaban J connectivity index is 1.39. The maximum Gasteiger partial charge on any atom is 0.247 e. The molecule has 7 nitrogen and oxygen atoms in total. The van der Waals surface area contributed by atoms with Gasteiger partial charge < -0.3 is 9.47 Å². The van der Waals surface area contributed by atoms with E-state index in [-0.39, 0.29) is 49.6 Å². The molecular weight excluding hydrogens is 483 g/mol. The van der Waals surface area contributed by atoms with Crippen LogP contribution in [0.15, 0.2) is 67.0 Å². The van der Waals surface area contributed by atoms with Crippen molar-refractivity contribution >= 4 is 17.6 Å². The third-order valence-electron chi connectivity index (χ3n) is 6.20. The molecule has 5 rings (SSSR count). The Morgan fingerprint density at radius 3 is 2.41 bits per heavy atom. The van der Waals surface area contributed by atoms with Crippen LogP contribution in [0.1, 0.15) is 5.56 Å². The number of imidazole rings is 1. The Hall–Kier alpha value is -4.47. The zero-order valence-electron chi connectivity index (χ0n) is 19.9. The van der Waals surface area contributed by atoms with E-state index in [0.29, 0.717) is 28.2 Å². The Labute approximate surface area is 210 Å². The van der Waals surface area contributed by atoms with Crippen molar-refractivity contribution in [1.82, 2.24) is 19.4 Å². The van der Waals surface area contributed by atoms with E-state index < -0.39 is 11.6 Å². The molecule has 37 heavy (non-hydrogen) atoms. The van der Waals surface area contributed by atoms with E-state index in [1.54, 1.807) is 42.0 Å². The first kappa shape index (κ1) is 24.2. The van der Waals surface area contributed by atoms with E-state index in [9.17, 15) is 22.8 Å². The van der Waals surface area contributed by atoms with Gasteiger partial charge in [0.1, 0.15) is 42.2 Å². The second-order valence-corrected chi connectivity index (χ2v) is 8.74. The van der Waals surface area contributed by atoms with E-state index in [1.807, 2.05) is 0 Å². The molecule has 1 fully saturated rings. The fourth-order valence-electron chi connectivity index (χ4n) is 4.22. The fourth-order valence-corrected chi connectivity index (χ4v) is 4.22. The SMILES string of the molecule is Cc1cc(-c2cn(CC(=O)N3CCN(c4cc(F)ccn4)C(=O)C3)c(-c3ccc(F)cc3)n2)ccc1F. The Morgan fingerprint density at radius 2 is 1.70 bits per heavy atom. The number of hydrogen-bond acceptors (Lipinski definition) is 4. The number of pyridine rings is 1. The molecule has 3 heterocycles.